The number of hydrogen-bond donors (Lipinski definition) is 4. The SMILES string of the molecule is C=CCNC(=O)C(=O)C(CCC)NC(=O)[C@@H]1C2[C@H](CN1C(=O)[C@@H](NC(=O)N[C@H](CN(C)S(=O)(=O)S(=O)(=O)N(C)C)C(C)(C)C)C1Cc3ccccc3C1)C2(C)C. The third-order valence-corrected chi connectivity index (χ3v) is 17.2. The van der Waals surface area contributed by atoms with Gasteiger partial charge < -0.3 is 26.2 Å². The van der Waals surface area contributed by atoms with Gasteiger partial charge in [-0.05, 0) is 59.0 Å². The number of likely N-dealkylation sites (tertiary alicyclic amines) is 1. The highest BCUT2D eigenvalue weighted by molar-refractivity contribution is 8.65. The minimum absolute atomic E-state index is 0.0186. The predicted octanol–water partition coefficient (Wildman–Crippen LogP) is 1.19. The van der Waals surface area contributed by atoms with E-state index in [4.69, 9.17) is 0 Å². The maximum atomic E-state index is 14.9. The van der Waals surface area contributed by atoms with Crippen molar-refractivity contribution in [3.05, 3.63) is 48.0 Å². The van der Waals surface area contributed by atoms with E-state index in [1.807, 2.05) is 45.0 Å². The van der Waals surface area contributed by atoms with Gasteiger partial charge in [-0.15, -0.1) is 6.58 Å². The number of nitrogens with one attached hydrogen (secondary N) is 4. The highest BCUT2D eigenvalue weighted by atomic mass is 33.2. The van der Waals surface area contributed by atoms with E-state index >= 15 is 0 Å². The zero-order valence-corrected chi connectivity index (χ0v) is 35.6. The van der Waals surface area contributed by atoms with Crippen molar-refractivity contribution in [2.75, 3.05) is 40.8 Å². The molecule has 312 valence electrons. The number of likely N-dealkylation sites (N-methyl/N-ethyl adjacent to an activating group) is 1. The second kappa shape index (κ2) is 16.9. The second-order valence-electron chi connectivity index (χ2n) is 17.0. The van der Waals surface area contributed by atoms with Crippen LogP contribution < -0.4 is 21.3 Å². The van der Waals surface area contributed by atoms with Crippen molar-refractivity contribution in [1.29, 1.82) is 0 Å². The van der Waals surface area contributed by atoms with Gasteiger partial charge >= 0.3 is 24.1 Å². The Kier molecular flexibility index (Phi) is 13.6. The highest BCUT2D eigenvalue weighted by Crippen LogP contribution is 2.65. The second-order valence-corrected chi connectivity index (χ2v) is 22.6. The summed E-state index contributed by atoms with van der Waals surface area (Å²) in [6, 6.07) is 2.84. The first kappa shape index (κ1) is 44.8. The largest absolute Gasteiger partial charge is 0.346 e. The fourth-order valence-electron chi connectivity index (χ4n) is 8.00. The summed E-state index contributed by atoms with van der Waals surface area (Å²) in [5.41, 5.74) is 0.996. The Morgan fingerprint density at radius 2 is 1.55 bits per heavy atom. The van der Waals surface area contributed by atoms with Crippen LogP contribution in [0.3, 0.4) is 0 Å². The monoisotopic (exact) mass is 821 g/mol. The molecule has 2 unspecified atom stereocenters. The molecule has 5 amide bonds. The van der Waals surface area contributed by atoms with Gasteiger partial charge in [0.05, 0.1) is 6.04 Å². The first-order valence-corrected chi connectivity index (χ1v) is 22.4. The van der Waals surface area contributed by atoms with E-state index in [1.54, 1.807) is 20.8 Å². The van der Waals surface area contributed by atoms with E-state index in [1.165, 1.54) is 11.0 Å². The molecule has 4 N–H and O–H groups in total. The molecular weight excluding hydrogens is 763 g/mol. The molecule has 0 bridgehead atoms. The minimum Gasteiger partial charge on any atom is -0.346 e. The van der Waals surface area contributed by atoms with Gasteiger partial charge in [0, 0.05) is 46.8 Å². The van der Waals surface area contributed by atoms with E-state index in [2.05, 4.69) is 27.8 Å². The molecule has 2 aliphatic carbocycles. The molecule has 56 heavy (non-hydrogen) atoms. The third-order valence-electron chi connectivity index (χ3n) is 11.6. The van der Waals surface area contributed by atoms with Crippen molar-refractivity contribution >= 4 is 47.6 Å². The standard InChI is InChI=1S/C38H59N7O9S2/c1-11-15-27(32(46)34(48)39-18-12-2)40-33(47)31-29-26(38(29,6)7)21-45(31)35(49)30(25-19-23-16-13-14-17-24(23)20-25)42-36(50)41-28(37(3,4)5)22-44(10)56(53,54)55(51,52)43(8)9/h12-14,16-17,25-31H,2,11,15,18-22H2,1,3-10H3,(H,39,48)(H,40,47)(H2,41,42,50)/t26-,27?,28+,29?,30-,31-/m0/s1. The van der Waals surface area contributed by atoms with Crippen molar-refractivity contribution in [3.8, 4) is 0 Å². The first-order chi connectivity index (χ1) is 25.9. The van der Waals surface area contributed by atoms with Crippen LogP contribution >= 0.6 is 0 Å². The van der Waals surface area contributed by atoms with Crippen molar-refractivity contribution in [3.63, 3.8) is 0 Å². The normalized spacial score (nSPS) is 22.1. The Morgan fingerprint density at radius 1 is 0.964 bits per heavy atom. The van der Waals surface area contributed by atoms with Crippen LogP contribution in [0.2, 0.25) is 0 Å². The first-order valence-electron chi connectivity index (χ1n) is 19.0. The van der Waals surface area contributed by atoms with Gasteiger partial charge in [0.15, 0.2) is 0 Å². The molecule has 0 aromatic heterocycles. The number of piperidine rings is 1. The lowest BCUT2D eigenvalue weighted by atomic mass is 9.86. The van der Waals surface area contributed by atoms with Gasteiger partial charge in [-0.2, -0.15) is 25.4 Å². The van der Waals surface area contributed by atoms with Gasteiger partial charge in [-0.3, -0.25) is 19.2 Å². The van der Waals surface area contributed by atoms with Crippen LogP contribution in [0.15, 0.2) is 36.9 Å². The molecule has 18 heteroatoms. The third kappa shape index (κ3) is 9.13. The van der Waals surface area contributed by atoms with Crippen LogP contribution in [0.25, 0.3) is 0 Å². The molecular formula is C38H59N7O9S2. The number of amides is 5. The van der Waals surface area contributed by atoms with Crippen LogP contribution in [0, 0.1) is 28.6 Å². The van der Waals surface area contributed by atoms with Crippen LogP contribution in [0.4, 0.5) is 4.79 Å². The molecule has 1 aromatic rings. The molecule has 1 saturated carbocycles. The summed E-state index contributed by atoms with van der Waals surface area (Å²) in [6.45, 7) is 14.6. The Balaban J connectivity index is 1.63. The number of hydrogen-bond acceptors (Lipinski definition) is 9. The highest BCUT2D eigenvalue weighted by Gasteiger charge is 2.70. The smallest absolute Gasteiger partial charge is 0.333 e. The molecule has 1 saturated heterocycles. The van der Waals surface area contributed by atoms with Gasteiger partial charge in [0.1, 0.15) is 12.1 Å². The van der Waals surface area contributed by atoms with E-state index in [0.29, 0.717) is 27.9 Å². The van der Waals surface area contributed by atoms with Gasteiger partial charge in [-0.1, -0.05) is 78.3 Å². The molecule has 16 nitrogen and oxygen atoms in total. The van der Waals surface area contributed by atoms with Crippen LogP contribution in [-0.2, 0) is 50.1 Å². The van der Waals surface area contributed by atoms with Crippen LogP contribution in [0.1, 0.15) is 65.5 Å². The van der Waals surface area contributed by atoms with E-state index in [9.17, 15) is 40.8 Å². The molecule has 0 spiro atoms. The fraction of sp³-hybridized carbons (Fsp3) is 0.658. The molecule has 1 heterocycles. The Bertz CT molecular complexity index is 1900. The Morgan fingerprint density at radius 3 is 2.07 bits per heavy atom. The lowest BCUT2D eigenvalue weighted by Crippen LogP contribution is -2.62. The van der Waals surface area contributed by atoms with Crippen LogP contribution in [0.5, 0.6) is 0 Å². The number of carbonyl (C=O) groups is 5. The predicted molar refractivity (Wildman–Crippen MR) is 212 cm³/mol. The topological polar surface area (TPSA) is 211 Å². The number of carbonyl (C=O) groups excluding carboxylic acids is 5. The van der Waals surface area contributed by atoms with E-state index in [-0.39, 0.29) is 36.8 Å². The van der Waals surface area contributed by atoms with Crippen molar-refractivity contribution in [2.45, 2.75) is 91.4 Å². The number of ketones is 1. The molecule has 1 aliphatic heterocycles. The summed E-state index contributed by atoms with van der Waals surface area (Å²) in [7, 11) is -6.26. The zero-order valence-electron chi connectivity index (χ0n) is 33.9. The Labute approximate surface area is 331 Å². The Hall–Kier alpha value is -3.87. The van der Waals surface area contributed by atoms with Crippen LogP contribution in [-0.4, -0.2) is 125 Å². The molecule has 2 fully saturated rings. The van der Waals surface area contributed by atoms with E-state index in [0.717, 1.165) is 32.3 Å². The van der Waals surface area contributed by atoms with E-state index < -0.39 is 89.7 Å². The number of rotatable bonds is 17. The maximum absolute atomic E-state index is 14.9. The van der Waals surface area contributed by atoms with Crippen molar-refractivity contribution in [1.82, 2.24) is 34.8 Å². The molecule has 1 aromatic carbocycles. The number of nitrogens with zero attached hydrogens (tertiary/aromatic N) is 3. The quantitative estimate of drug-likeness (QED) is 0.101. The van der Waals surface area contributed by atoms with Gasteiger partial charge in [0.25, 0.3) is 5.91 Å². The minimum atomic E-state index is -4.86. The van der Waals surface area contributed by atoms with Crippen molar-refractivity contribution < 1.29 is 40.8 Å². The number of Topliss-reactive ketones (excluding diaryl/α,β-unsaturated/α-hetero) is 1. The summed E-state index contributed by atoms with van der Waals surface area (Å²) in [4.78, 5) is 70.2. The zero-order chi connectivity index (χ0) is 42.1. The van der Waals surface area contributed by atoms with Gasteiger partial charge in [-0.25, -0.2) is 4.79 Å². The summed E-state index contributed by atoms with van der Waals surface area (Å²) in [5, 5.41) is 10.9. The summed E-state index contributed by atoms with van der Waals surface area (Å²) in [5.74, 6) is -3.32. The van der Waals surface area contributed by atoms with Gasteiger partial charge in [0.2, 0.25) is 17.6 Å². The lowest BCUT2D eigenvalue weighted by molar-refractivity contribution is -0.144. The average molecular weight is 822 g/mol. The fourth-order valence-corrected chi connectivity index (χ4v) is 11.3. The molecule has 3 aliphatic rings. The average Bonchev–Trinajstić information content (AvgIpc) is 3.47. The number of fused-ring (bicyclic) bond motifs is 2. The summed E-state index contributed by atoms with van der Waals surface area (Å²) in [6.07, 6.45) is 3.09. The maximum Gasteiger partial charge on any atom is 0.333 e. The lowest BCUT2D eigenvalue weighted by Gasteiger charge is -2.37. The summed E-state index contributed by atoms with van der Waals surface area (Å²) < 4.78 is 52.7. The summed E-state index contributed by atoms with van der Waals surface area (Å²) >= 11 is 0. The molecule has 4 rings (SSSR count). The number of benzene rings is 1. The number of urea groups is 1. The molecule has 6 atom stereocenters. The van der Waals surface area contributed by atoms with Crippen molar-refractivity contribution in [2.24, 2.45) is 28.6 Å². The molecule has 0 radical (unpaired) electrons.